The van der Waals surface area contributed by atoms with Crippen LogP contribution in [0, 0.1) is 0 Å². The van der Waals surface area contributed by atoms with E-state index in [0.29, 0.717) is 0 Å². The number of thiazole rings is 1. The van der Waals surface area contributed by atoms with Crippen LogP contribution in [0.25, 0.3) is 0 Å². The van der Waals surface area contributed by atoms with Crippen LogP contribution in [0.5, 0.6) is 5.75 Å². The van der Waals surface area contributed by atoms with Crippen LogP contribution < -0.4 is 20.1 Å². The third-order valence-electron chi connectivity index (χ3n) is 3.85. The second-order valence-electron chi connectivity index (χ2n) is 6.12. The largest absolute Gasteiger partial charge is 0.495 e. The van der Waals surface area contributed by atoms with E-state index in [1.54, 1.807) is 18.2 Å². The highest BCUT2D eigenvalue weighted by molar-refractivity contribution is 7.92. The first-order chi connectivity index (χ1) is 14.7. The third kappa shape index (κ3) is 5.51. The summed E-state index contributed by atoms with van der Waals surface area (Å²) in [6.45, 7) is 1.33. The van der Waals surface area contributed by atoms with Gasteiger partial charge in [-0.15, -0.1) is 11.3 Å². The van der Waals surface area contributed by atoms with Gasteiger partial charge >= 0.3 is 0 Å². The molecule has 31 heavy (non-hydrogen) atoms. The summed E-state index contributed by atoms with van der Waals surface area (Å²) in [5.74, 6) is -0.795. The lowest BCUT2D eigenvalue weighted by Crippen LogP contribution is -2.16. The third-order valence-corrected chi connectivity index (χ3v) is 6.32. The van der Waals surface area contributed by atoms with Gasteiger partial charge in [0.25, 0.3) is 15.9 Å². The Morgan fingerprint density at radius 1 is 1.13 bits per heavy atom. The van der Waals surface area contributed by atoms with Crippen molar-refractivity contribution in [3.63, 3.8) is 0 Å². The Balaban J connectivity index is 1.86. The van der Waals surface area contributed by atoms with Crippen molar-refractivity contribution in [3.8, 4) is 5.75 Å². The highest BCUT2D eigenvalue weighted by Crippen LogP contribution is 2.31. The zero-order valence-corrected chi connectivity index (χ0v) is 18.7. The number of halogens is 1. The van der Waals surface area contributed by atoms with Gasteiger partial charge in [-0.2, -0.15) is 0 Å². The number of para-hydroxylation sites is 1. The van der Waals surface area contributed by atoms with Gasteiger partial charge in [0, 0.05) is 18.0 Å². The van der Waals surface area contributed by atoms with Crippen molar-refractivity contribution in [1.29, 1.82) is 0 Å². The lowest BCUT2D eigenvalue weighted by molar-refractivity contribution is -0.114. The van der Waals surface area contributed by atoms with Crippen LogP contribution in [0.4, 0.5) is 16.5 Å². The summed E-state index contributed by atoms with van der Waals surface area (Å²) in [4.78, 5) is 27.4. The number of benzene rings is 2. The molecule has 3 N–H and O–H groups in total. The van der Waals surface area contributed by atoms with Gasteiger partial charge in [0.15, 0.2) is 5.13 Å². The lowest BCUT2D eigenvalue weighted by atomic mass is 10.3. The predicted octanol–water partition coefficient (Wildman–Crippen LogP) is 3.82. The van der Waals surface area contributed by atoms with Crippen LogP contribution >= 0.6 is 22.9 Å². The minimum Gasteiger partial charge on any atom is -0.495 e. The van der Waals surface area contributed by atoms with Gasteiger partial charge in [-0.25, -0.2) is 13.4 Å². The number of hydrogen-bond donors (Lipinski definition) is 3. The second-order valence-corrected chi connectivity index (χ2v) is 9.04. The average Bonchev–Trinajstić information content (AvgIpc) is 3.17. The number of carbonyl (C=O) groups excluding carboxylic acids is 2. The second kappa shape index (κ2) is 9.33. The number of carbonyl (C=O) groups is 2. The highest BCUT2D eigenvalue weighted by Gasteiger charge is 2.22. The Morgan fingerprint density at radius 2 is 1.87 bits per heavy atom. The fourth-order valence-corrected chi connectivity index (χ4v) is 4.74. The Kier molecular flexibility index (Phi) is 6.78. The first-order valence-electron chi connectivity index (χ1n) is 8.69. The molecule has 0 aliphatic rings. The van der Waals surface area contributed by atoms with Gasteiger partial charge in [-0.1, -0.05) is 23.7 Å². The van der Waals surface area contributed by atoms with E-state index in [2.05, 4.69) is 20.3 Å². The number of nitrogens with one attached hydrogen (secondary N) is 3. The standard InChI is InChI=1S/C19H17ClN4O5S2/c1-11(25)21-19-23-15(10-30-19)18(26)22-12-7-8-16(29-2)17(9-12)31(27,28)24-14-6-4-3-5-13(14)20/h3-10,24H,1-2H3,(H,22,26)(H,21,23,25). The number of amides is 2. The molecular formula is C19H17ClN4O5S2. The minimum atomic E-state index is -4.08. The Hall–Kier alpha value is -3.15. The van der Waals surface area contributed by atoms with Crippen LogP contribution in [0.1, 0.15) is 17.4 Å². The number of ether oxygens (including phenoxy) is 1. The average molecular weight is 481 g/mol. The molecule has 0 atom stereocenters. The first kappa shape index (κ1) is 22.5. The number of nitrogens with zero attached hydrogens (tertiary/aromatic N) is 1. The van der Waals surface area contributed by atoms with Crippen LogP contribution in [0.2, 0.25) is 5.02 Å². The fourth-order valence-electron chi connectivity index (χ4n) is 2.49. The van der Waals surface area contributed by atoms with Crippen molar-refractivity contribution in [1.82, 2.24) is 4.98 Å². The van der Waals surface area contributed by atoms with Gasteiger partial charge < -0.3 is 15.4 Å². The molecule has 12 heteroatoms. The maximum absolute atomic E-state index is 12.9. The molecule has 0 bridgehead atoms. The van der Waals surface area contributed by atoms with Crippen molar-refractivity contribution in [3.05, 3.63) is 58.6 Å². The van der Waals surface area contributed by atoms with Gasteiger partial charge in [0.2, 0.25) is 5.91 Å². The summed E-state index contributed by atoms with van der Waals surface area (Å²) in [6.07, 6.45) is 0. The van der Waals surface area contributed by atoms with Crippen LogP contribution in [0.15, 0.2) is 52.7 Å². The normalized spacial score (nSPS) is 10.9. The number of hydrogen-bond acceptors (Lipinski definition) is 7. The van der Waals surface area contributed by atoms with Crippen molar-refractivity contribution in [2.75, 3.05) is 22.5 Å². The molecule has 0 unspecified atom stereocenters. The number of methoxy groups -OCH3 is 1. The predicted molar refractivity (Wildman–Crippen MR) is 120 cm³/mol. The van der Waals surface area contributed by atoms with Crippen LogP contribution in [-0.4, -0.2) is 32.3 Å². The molecule has 1 heterocycles. The number of sulfonamides is 1. The van der Waals surface area contributed by atoms with Gasteiger partial charge in [0.05, 0.1) is 17.8 Å². The molecule has 0 spiro atoms. The molecule has 9 nitrogen and oxygen atoms in total. The zero-order chi connectivity index (χ0) is 22.6. The maximum atomic E-state index is 12.9. The number of aromatic nitrogens is 1. The van der Waals surface area contributed by atoms with E-state index in [1.807, 2.05) is 0 Å². The molecular weight excluding hydrogens is 464 g/mol. The highest BCUT2D eigenvalue weighted by atomic mass is 35.5. The monoisotopic (exact) mass is 480 g/mol. The molecule has 2 aromatic carbocycles. The summed E-state index contributed by atoms with van der Waals surface area (Å²) in [5.41, 5.74) is 0.483. The van der Waals surface area contributed by atoms with Gasteiger partial charge in [-0.05, 0) is 30.3 Å². The molecule has 0 aliphatic heterocycles. The molecule has 0 aliphatic carbocycles. The Labute approximate surface area is 187 Å². The van der Waals surface area contributed by atoms with Gasteiger partial charge in [0.1, 0.15) is 16.3 Å². The van der Waals surface area contributed by atoms with E-state index >= 15 is 0 Å². The molecule has 0 saturated heterocycles. The molecule has 162 valence electrons. The summed E-state index contributed by atoms with van der Waals surface area (Å²) >= 11 is 7.14. The fraction of sp³-hybridized carbons (Fsp3) is 0.105. The Bertz CT molecular complexity index is 1240. The summed E-state index contributed by atoms with van der Waals surface area (Å²) in [7, 11) is -2.75. The zero-order valence-electron chi connectivity index (χ0n) is 16.3. The van der Waals surface area contributed by atoms with Gasteiger partial charge in [-0.3, -0.25) is 14.3 Å². The van der Waals surface area contributed by atoms with E-state index in [0.717, 1.165) is 11.3 Å². The lowest BCUT2D eigenvalue weighted by Gasteiger charge is -2.14. The summed E-state index contributed by atoms with van der Waals surface area (Å²) < 4.78 is 33.4. The van der Waals surface area contributed by atoms with Crippen LogP contribution in [-0.2, 0) is 14.8 Å². The SMILES string of the molecule is COc1ccc(NC(=O)c2csc(NC(C)=O)n2)cc1S(=O)(=O)Nc1ccccc1Cl. The first-order valence-corrected chi connectivity index (χ1v) is 11.4. The molecule has 0 radical (unpaired) electrons. The minimum absolute atomic E-state index is 0.0724. The van der Waals surface area contributed by atoms with E-state index in [4.69, 9.17) is 16.3 Å². The molecule has 3 rings (SSSR count). The maximum Gasteiger partial charge on any atom is 0.275 e. The molecule has 0 fully saturated rings. The topological polar surface area (TPSA) is 126 Å². The quantitative estimate of drug-likeness (QED) is 0.472. The molecule has 0 saturated carbocycles. The number of rotatable bonds is 7. The van der Waals surface area contributed by atoms with E-state index in [1.165, 1.54) is 43.7 Å². The van der Waals surface area contributed by atoms with E-state index in [9.17, 15) is 18.0 Å². The smallest absolute Gasteiger partial charge is 0.275 e. The Morgan fingerprint density at radius 3 is 2.55 bits per heavy atom. The van der Waals surface area contributed by atoms with Crippen molar-refractivity contribution < 1.29 is 22.7 Å². The summed E-state index contributed by atoms with van der Waals surface area (Å²) in [5, 5.41) is 7.05. The van der Waals surface area contributed by atoms with E-state index < -0.39 is 15.9 Å². The molecule has 3 aromatic rings. The molecule has 2 amide bonds. The van der Waals surface area contributed by atoms with E-state index in [-0.39, 0.29) is 43.8 Å². The van der Waals surface area contributed by atoms with Crippen molar-refractivity contribution in [2.24, 2.45) is 0 Å². The number of anilines is 3. The van der Waals surface area contributed by atoms with Crippen molar-refractivity contribution >= 4 is 61.3 Å². The van der Waals surface area contributed by atoms with Crippen molar-refractivity contribution in [2.45, 2.75) is 11.8 Å². The van der Waals surface area contributed by atoms with Crippen LogP contribution in [0.3, 0.4) is 0 Å². The molecule has 1 aromatic heterocycles. The summed E-state index contributed by atoms with van der Waals surface area (Å²) in [6, 6.07) is 10.6.